The number of imidazole rings is 1. The minimum absolute atomic E-state index is 0.346. The highest BCUT2D eigenvalue weighted by Gasteiger charge is 2.13. The zero-order valence-corrected chi connectivity index (χ0v) is 10.2. The summed E-state index contributed by atoms with van der Waals surface area (Å²) < 4.78 is 3.95. The van der Waals surface area contributed by atoms with Crippen molar-refractivity contribution >= 4 is 5.82 Å². The molecule has 2 heterocycles. The number of nitrogens with zero attached hydrogens (tertiary/aromatic N) is 5. The molecule has 0 aromatic carbocycles. The molecule has 0 amide bonds. The van der Waals surface area contributed by atoms with E-state index in [-0.39, 0.29) is 0 Å². The Labute approximate surface area is 100 Å². The standard InChI is InChI=1S/C11H18N6/c1-9(2)10-11(12)14-15-17(10)6-3-5-16-7-4-13-8-16/h4,7-9H,3,5-6,12H2,1-2H3. The van der Waals surface area contributed by atoms with E-state index in [2.05, 4.69) is 33.7 Å². The van der Waals surface area contributed by atoms with Gasteiger partial charge in [-0.1, -0.05) is 19.1 Å². The molecule has 6 nitrogen and oxygen atoms in total. The molecular weight excluding hydrogens is 216 g/mol. The molecule has 0 unspecified atom stereocenters. The van der Waals surface area contributed by atoms with Gasteiger partial charge in [-0.25, -0.2) is 9.67 Å². The normalized spacial score (nSPS) is 11.2. The molecule has 2 rings (SSSR count). The van der Waals surface area contributed by atoms with Crippen molar-refractivity contribution in [1.29, 1.82) is 0 Å². The molecule has 0 spiro atoms. The lowest BCUT2D eigenvalue weighted by Crippen LogP contribution is -2.09. The number of aryl methyl sites for hydroxylation is 2. The van der Waals surface area contributed by atoms with Crippen molar-refractivity contribution < 1.29 is 0 Å². The molecule has 2 aromatic heterocycles. The van der Waals surface area contributed by atoms with Crippen LogP contribution in [0.25, 0.3) is 0 Å². The summed E-state index contributed by atoms with van der Waals surface area (Å²) in [7, 11) is 0. The summed E-state index contributed by atoms with van der Waals surface area (Å²) in [6.07, 6.45) is 6.55. The Kier molecular flexibility index (Phi) is 3.41. The zero-order chi connectivity index (χ0) is 12.3. The molecule has 0 aliphatic rings. The molecular formula is C11H18N6. The first-order chi connectivity index (χ1) is 8.18. The fraction of sp³-hybridized carbons (Fsp3) is 0.545. The molecule has 0 saturated heterocycles. The van der Waals surface area contributed by atoms with Gasteiger partial charge in [0.05, 0.1) is 12.0 Å². The number of hydrogen-bond donors (Lipinski definition) is 1. The summed E-state index contributed by atoms with van der Waals surface area (Å²) in [5, 5.41) is 8.00. The highest BCUT2D eigenvalue weighted by molar-refractivity contribution is 5.34. The van der Waals surface area contributed by atoms with Gasteiger partial charge in [-0.05, 0) is 12.3 Å². The van der Waals surface area contributed by atoms with E-state index in [1.54, 1.807) is 6.20 Å². The molecule has 0 fully saturated rings. The van der Waals surface area contributed by atoms with Crippen molar-refractivity contribution in [2.45, 2.75) is 39.3 Å². The summed E-state index contributed by atoms with van der Waals surface area (Å²) in [5.74, 6) is 0.890. The van der Waals surface area contributed by atoms with Gasteiger partial charge in [-0.2, -0.15) is 0 Å². The Bertz CT molecular complexity index is 456. The van der Waals surface area contributed by atoms with Gasteiger partial charge in [0.1, 0.15) is 0 Å². The summed E-state index contributed by atoms with van der Waals surface area (Å²) in [6, 6.07) is 0. The van der Waals surface area contributed by atoms with E-state index in [0.29, 0.717) is 11.7 Å². The van der Waals surface area contributed by atoms with Crippen LogP contribution in [0.4, 0.5) is 5.82 Å². The average molecular weight is 234 g/mol. The molecule has 2 N–H and O–H groups in total. The van der Waals surface area contributed by atoms with E-state index in [1.165, 1.54) is 0 Å². The zero-order valence-electron chi connectivity index (χ0n) is 10.2. The number of anilines is 1. The number of hydrogen-bond acceptors (Lipinski definition) is 4. The van der Waals surface area contributed by atoms with Crippen LogP contribution < -0.4 is 5.73 Å². The smallest absolute Gasteiger partial charge is 0.169 e. The first-order valence-corrected chi connectivity index (χ1v) is 5.83. The fourth-order valence-corrected chi connectivity index (χ4v) is 1.91. The predicted octanol–water partition coefficient (Wildman–Crippen LogP) is 1.27. The highest BCUT2D eigenvalue weighted by atomic mass is 15.4. The lowest BCUT2D eigenvalue weighted by atomic mass is 10.1. The van der Waals surface area contributed by atoms with E-state index >= 15 is 0 Å². The van der Waals surface area contributed by atoms with Crippen LogP contribution in [-0.4, -0.2) is 24.5 Å². The maximum atomic E-state index is 5.80. The molecule has 0 aliphatic carbocycles. The molecule has 0 aliphatic heterocycles. The number of rotatable bonds is 5. The molecule has 2 aromatic rings. The van der Waals surface area contributed by atoms with Gasteiger partial charge < -0.3 is 10.3 Å². The van der Waals surface area contributed by atoms with Gasteiger partial charge in [0.25, 0.3) is 0 Å². The number of nitrogens with two attached hydrogens (primary N) is 1. The van der Waals surface area contributed by atoms with Gasteiger partial charge in [-0.3, -0.25) is 0 Å². The molecule has 92 valence electrons. The maximum absolute atomic E-state index is 5.80. The second-order valence-electron chi connectivity index (χ2n) is 4.39. The summed E-state index contributed by atoms with van der Waals surface area (Å²) in [5.41, 5.74) is 6.82. The van der Waals surface area contributed by atoms with Crippen LogP contribution in [0, 0.1) is 0 Å². The van der Waals surface area contributed by atoms with Crippen molar-refractivity contribution in [3.8, 4) is 0 Å². The van der Waals surface area contributed by atoms with Crippen LogP contribution in [0.5, 0.6) is 0 Å². The molecule has 0 saturated carbocycles. The van der Waals surface area contributed by atoms with Gasteiger partial charge in [-0.15, -0.1) is 5.10 Å². The SMILES string of the molecule is CC(C)c1c(N)nnn1CCCn1ccnc1. The van der Waals surface area contributed by atoms with Gasteiger partial charge >= 0.3 is 0 Å². The van der Waals surface area contributed by atoms with Crippen LogP contribution in [0.3, 0.4) is 0 Å². The third-order valence-electron chi connectivity index (χ3n) is 2.69. The van der Waals surface area contributed by atoms with Crippen LogP contribution in [-0.2, 0) is 13.1 Å². The Hall–Kier alpha value is -1.85. The van der Waals surface area contributed by atoms with Gasteiger partial charge in [0.2, 0.25) is 0 Å². The van der Waals surface area contributed by atoms with Crippen molar-refractivity contribution in [1.82, 2.24) is 24.5 Å². The van der Waals surface area contributed by atoms with Gasteiger partial charge in [0.15, 0.2) is 5.82 Å². The van der Waals surface area contributed by atoms with Crippen molar-refractivity contribution in [2.75, 3.05) is 5.73 Å². The van der Waals surface area contributed by atoms with Crippen molar-refractivity contribution in [3.63, 3.8) is 0 Å². The summed E-state index contributed by atoms with van der Waals surface area (Å²) >= 11 is 0. The van der Waals surface area contributed by atoms with E-state index in [9.17, 15) is 0 Å². The first-order valence-electron chi connectivity index (χ1n) is 5.83. The van der Waals surface area contributed by atoms with Crippen LogP contribution in [0.2, 0.25) is 0 Å². The monoisotopic (exact) mass is 234 g/mol. The van der Waals surface area contributed by atoms with Crippen molar-refractivity contribution in [3.05, 3.63) is 24.4 Å². The topological polar surface area (TPSA) is 74.5 Å². The Morgan fingerprint density at radius 2 is 2.18 bits per heavy atom. The van der Waals surface area contributed by atoms with Gasteiger partial charge in [0, 0.05) is 25.5 Å². The quantitative estimate of drug-likeness (QED) is 0.845. The lowest BCUT2D eigenvalue weighted by molar-refractivity contribution is 0.493. The number of aromatic nitrogens is 5. The molecule has 0 bridgehead atoms. The lowest BCUT2D eigenvalue weighted by Gasteiger charge is -2.09. The second-order valence-corrected chi connectivity index (χ2v) is 4.39. The average Bonchev–Trinajstić information content (AvgIpc) is 2.88. The molecule has 0 radical (unpaired) electrons. The predicted molar refractivity (Wildman–Crippen MR) is 65.4 cm³/mol. The largest absolute Gasteiger partial charge is 0.381 e. The van der Waals surface area contributed by atoms with Crippen molar-refractivity contribution in [2.24, 2.45) is 0 Å². The highest BCUT2D eigenvalue weighted by Crippen LogP contribution is 2.19. The Morgan fingerprint density at radius 1 is 1.35 bits per heavy atom. The molecule has 17 heavy (non-hydrogen) atoms. The third-order valence-corrected chi connectivity index (χ3v) is 2.69. The minimum Gasteiger partial charge on any atom is -0.381 e. The van der Waals surface area contributed by atoms with Crippen LogP contribution in [0.15, 0.2) is 18.7 Å². The van der Waals surface area contributed by atoms with E-state index in [1.807, 2.05) is 17.2 Å². The van der Waals surface area contributed by atoms with E-state index < -0.39 is 0 Å². The molecule has 6 heteroatoms. The Balaban J connectivity index is 1.95. The maximum Gasteiger partial charge on any atom is 0.169 e. The second kappa shape index (κ2) is 4.99. The van der Waals surface area contributed by atoms with Crippen LogP contribution >= 0.6 is 0 Å². The molecule has 0 atom stereocenters. The summed E-state index contributed by atoms with van der Waals surface area (Å²) in [4.78, 5) is 4.01. The summed E-state index contributed by atoms with van der Waals surface area (Å²) in [6.45, 7) is 5.95. The van der Waals surface area contributed by atoms with Crippen LogP contribution in [0.1, 0.15) is 31.9 Å². The fourth-order valence-electron chi connectivity index (χ4n) is 1.91. The minimum atomic E-state index is 0.346. The third kappa shape index (κ3) is 2.64. The first kappa shape index (κ1) is 11.6. The number of nitrogen functional groups attached to an aromatic ring is 1. The Morgan fingerprint density at radius 3 is 2.82 bits per heavy atom. The van der Waals surface area contributed by atoms with E-state index in [0.717, 1.165) is 25.2 Å². The van der Waals surface area contributed by atoms with E-state index in [4.69, 9.17) is 5.73 Å².